The van der Waals surface area contributed by atoms with Crippen molar-refractivity contribution in [2.75, 3.05) is 6.61 Å². The smallest absolute Gasteiger partial charge is 0.319 e. The van der Waals surface area contributed by atoms with Crippen molar-refractivity contribution in [3.05, 3.63) is 0 Å². The maximum atomic E-state index is 10.7. The molecular weight excluding hydrogens is 155 g/mol. The Bertz CT molecular complexity index is 165. The van der Waals surface area contributed by atoms with Crippen LogP contribution in [-0.2, 0) is 13.9 Å². The predicted octanol–water partition coefficient (Wildman–Crippen LogP) is 1.14. The second-order valence-electron chi connectivity index (χ2n) is 1.69. The van der Waals surface area contributed by atoms with E-state index in [0.717, 1.165) is 0 Å². The Morgan fingerprint density at radius 1 is 1.60 bits per heavy atom. The molecule has 0 spiro atoms. The van der Waals surface area contributed by atoms with Gasteiger partial charge in [0.1, 0.15) is 0 Å². The lowest BCUT2D eigenvalue weighted by molar-refractivity contribution is -0.113. The summed E-state index contributed by atoms with van der Waals surface area (Å²) in [5.74, 6) is 0. The third-order valence-corrected chi connectivity index (χ3v) is 2.48. The fourth-order valence-electron chi connectivity index (χ4n) is 0.447. The first-order valence-corrected chi connectivity index (χ1v) is 4.63. The quantitative estimate of drug-likeness (QED) is 0.636. The predicted molar refractivity (Wildman–Crippen MR) is 36.7 cm³/mol. The first kappa shape index (κ1) is 9.82. The van der Waals surface area contributed by atoms with Crippen molar-refractivity contribution in [3.8, 4) is 0 Å². The van der Waals surface area contributed by atoms with Crippen LogP contribution in [0.4, 0.5) is 0 Å². The molecule has 0 aliphatic rings. The molecule has 0 aromatic rings. The van der Waals surface area contributed by atoms with Gasteiger partial charge in [0.15, 0.2) is 0 Å². The molecule has 0 amide bonds. The molecular formula is C5H11O4P. The highest BCUT2D eigenvalue weighted by Gasteiger charge is 2.27. The monoisotopic (exact) mass is 166 g/mol. The van der Waals surface area contributed by atoms with Gasteiger partial charge in [-0.1, -0.05) is 6.92 Å². The molecule has 5 heteroatoms. The summed E-state index contributed by atoms with van der Waals surface area (Å²) in [7, 11) is -3.92. The Morgan fingerprint density at radius 3 is 2.40 bits per heavy atom. The molecule has 60 valence electrons. The molecule has 0 aliphatic carbocycles. The molecule has 0 radical (unpaired) electrons. The molecule has 0 bridgehead atoms. The van der Waals surface area contributed by atoms with E-state index in [0.29, 0.717) is 0 Å². The van der Waals surface area contributed by atoms with Crippen molar-refractivity contribution >= 4 is 13.1 Å². The van der Waals surface area contributed by atoms with Gasteiger partial charge < -0.3 is 9.42 Å². The molecule has 0 aromatic carbocycles. The highest BCUT2D eigenvalue weighted by molar-refractivity contribution is 7.70. The summed E-state index contributed by atoms with van der Waals surface area (Å²) >= 11 is 0. The van der Waals surface area contributed by atoms with Crippen LogP contribution in [0.25, 0.3) is 0 Å². The van der Waals surface area contributed by atoms with Gasteiger partial charge in [0.05, 0.1) is 6.61 Å². The van der Waals surface area contributed by atoms with E-state index in [1.54, 1.807) is 6.92 Å². The second-order valence-corrected chi connectivity index (χ2v) is 3.48. The van der Waals surface area contributed by atoms with Crippen LogP contribution < -0.4 is 0 Å². The minimum Gasteiger partial charge on any atom is -0.319 e. The minimum absolute atomic E-state index is 0.0355. The summed E-state index contributed by atoms with van der Waals surface area (Å²) in [6.07, 6.45) is 0.0355. The van der Waals surface area contributed by atoms with E-state index < -0.39 is 13.1 Å². The molecule has 0 aromatic heterocycles. The third kappa shape index (κ3) is 2.60. The van der Waals surface area contributed by atoms with Gasteiger partial charge in [-0.2, -0.15) is 0 Å². The fourth-order valence-corrected chi connectivity index (χ4v) is 1.34. The van der Waals surface area contributed by atoms with Crippen molar-refractivity contribution < 1.29 is 18.8 Å². The molecule has 1 unspecified atom stereocenters. The molecule has 1 N–H and O–H groups in total. The van der Waals surface area contributed by atoms with Gasteiger partial charge in [-0.3, -0.25) is 9.36 Å². The molecule has 0 heterocycles. The molecule has 0 saturated heterocycles. The zero-order valence-corrected chi connectivity index (χ0v) is 6.93. The number of carbonyl (C=O) groups excluding carboxylic acids is 1. The molecule has 0 rings (SSSR count). The zero-order chi connectivity index (χ0) is 8.20. The van der Waals surface area contributed by atoms with Crippen LogP contribution in [0.1, 0.15) is 20.3 Å². The van der Waals surface area contributed by atoms with Crippen molar-refractivity contribution in [1.29, 1.82) is 0 Å². The summed E-state index contributed by atoms with van der Waals surface area (Å²) in [6.45, 7) is 3.16. The van der Waals surface area contributed by atoms with Crippen LogP contribution in [0.3, 0.4) is 0 Å². The van der Waals surface area contributed by atoms with Gasteiger partial charge in [-0.05, 0) is 6.92 Å². The summed E-state index contributed by atoms with van der Waals surface area (Å²) in [6, 6.07) is 0. The average molecular weight is 166 g/mol. The Balaban J connectivity index is 4.11. The fraction of sp³-hybridized carbons (Fsp3) is 0.800. The van der Waals surface area contributed by atoms with Crippen LogP contribution in [0.2, 0.25) is 0 Å². The number of rotatable bonds is 4. The molecule has 0 fully saturated rings. The van der Waals surface area contributed by atoms with E-state index in [1.165, 1.54) is 6.92 Å². The minimum atomic E-state index is -3.92. The normalized spacial score (nSPS) is 16.3. The van der Waals surface area contributed by atoms with Crippen molar-refractivity contribution in [2.45, 2.75) is 20.3 Å². The van der Waals surface area contributed by atoms with Crippen LogP contribution in [0, 0.1) is 0 Å². The van der Waals surface area contributed by atoms with Crippen LogP contribution in [0.15, 0.2) is 0 Å². The Morgan fingerprint density at radius 2 is 2.10 bits per heavy atom. The third-order valence-electron chi connectivity index (χ3n) is 0.922. The number of hydrogen-bond donors (Lipinski definition) is 1. The Kier molecular flexibility index (Phi) is 3.79. The molecule has 4 nitrogen and oxygen atoms in total. The Hall–Kier alpha value is -0.180. The maximum absolute atomic E-state index is 10.7. The van der Waals surface area contributed by atoms with E-state index >= 15 is 0 Å². The Labute approximate surface area is 59.7 Å². The van der Waals surface area contributed by atoms with Crippen LogP contribution in [-0.4, -0.2) is 17.0 Å². The molecule has 1 atom stereocenters. The van der Waals surface area contributed by atoms with Gasteiger partial charge in [-0.15, -0.1) is 0 Å². The van der Waals surface area contributed by atoms with Gasteiger partial charge in [-0.25, -0.2) is 0 Å². The lowest BCUT2D eigenvalue weighted by Crippen LogP contribution is -2.00. The molecule has 10 heavy (non-hydrogen) atoms. The second kappa shape index (κ2) is 3.86. The highest BCUT2D eigenvalue weighted by atomic mass is 31.2. The number of carbonyl (C=O) groups is 1. The highest BCUT2D eigenvalue weighted by Crippen LogP contribution is 2.43. The first-order chi connectivity index (χ1) is 4.54. The summed E-state index contributed by atoms with van der Waals surface area (Å²) in [4.78, 5) is 19.4. The zero-order valence-electron chi connectivity index (χ0n) is 6.03. The van der Waals surface area contributed by atoms with E-state index in [2.05, 4.69) is 4.52 Å². The lowest BCUT2D eigenvalue weighted by Gasteiger charge is -2.06. The van der Waals surface area contributed by atoms with Gasteiger partial charge in [0, 0.05) is 6.42 Å². The lowest BCUT2D eigenvalue weighted by atomic mass is 10.6. The summed E-state index contributed by atoms with van der Waals surface area (Å²) < 4.78 is 15.1. The van der Waals surface area contributed by atoms with E-state index in [1.807, 2.05) is 0 Å². The van der Waals surface area contributed by atoms with Gasteiger partial charge in [0.25, 0.3) is 0 Å². The van der Waals surface area contributed by atoms with E-state index in [4.69, 9.17) is 4.89 Å². The van der Waals surface area contributed by atoms with Crippen molar-refractivity contribution in [3.63, 3.8) is 0 Å². The summed E-state index contributed by atoms with van der Waals surface area (Å²) in [5, 5.41) is 0. The van der Waals surface area contributed by atoms with Crippen molar-refractivity contribution in [1.82, 2.24) is 0 Å². The standard InChI is InChI=1S/C5H11O4P/c1-3-5(6)10(7,8)9-4-2/h3-4H2,1-2H3,(H,7,8). The average Bonchev–Trinajstić information content (AvgIpc) is 1.86. The van der Waals surface area contributed by atoms with E-state index in [-0.39, 0.29) is 13.0 Å². The van der Waals surface area contributed by atoms with Crippen LogP contribution in [0.5, 0.6) is 0 Å². The first-order valence-electron chi connectivity index (χ1n) is 3.05. The van der Waals surface area contributed by atoms with E-state index in [9.17, 15) is 9.36 Å². The summed E-state index contributed by atoms with van der Waals surface area (Å²) in [5.41, 5.74) is -0.727. The molecule has 0 aliphatic heterocycles. The van der Waals surface area contributed by atoms with Gasteiger partial charge in [0.2, 0.25) is 5.52 Å². The van der Waals surface area contributed by atoms with Crippen molar-refractivity contribution in [2.24, 2.45) is 0 Å². The SMILES string of the molecule is CCOP(=O)(O)C(=O)CC. The van der Waals surface area contributed by atoms with Gasteiger partial charge >= 0.3 is 7.60 Å². The maximum Gasteiger partial charge on any atom is 0.394 e. The molecule has 0 saturated carbocycles. The number of hydrogen-bond acceptors (Lipinski definition) is 3. The largest absolute Gasteiger partial charge is 0.394 e. The topological polar surface area (TPSA) is 63.6 Å². The van der Waals surface area contributed by atoms with Crippen LogP contribution >= 0.6 is 7.60 Å².